The number of aryl methyl sites for hydroxylation is 1. The van der Waals surface area contributed by atoms with E-state index in [0.29, 0.717) is 0 Å². The van der Waals surface area contributed by atoms with E-state index in [1.165, 1.54) is 5.56 Å². The van der Waals surface area contributed by atoms with Gasteiger partial charge in [0.25, 0.3) is 0 Å². The summed E-state index contributed by atoms with van der Waals surface area (Å²) in [6.07, 6.45) is 0. The van der Waals surface area contributed by atoms with Crippen molar-refractivity contribution in [2.75, 3.05) is 7.11 Å². The van der Waals surface area contributed by atoms with Gasteiger partial charge < -0.3 is 4.74 Å². The second kappa shape index (κ2) is 5.77. The topological polar surface area (TPSA) is 9.23 Å². The molecule has 0 saturated carbocycles. The monoisotopic (exact) mass is 324 g/mol. The number of alkyl halides is 1. The van der Waals surface area contributed by atoms with Crippen molar-refractivity contribution in [2.45, 2.75) is 11.8 Å². The molecule has 2 aromatic rings. The molecule has 0 spiro atoms. The van der Waals surface area contributed by atoms with Crippen LogP contribution in [0.2, 0.25) is 5.02 Å². The number of halogens is 2. The average Bonchev–Trinajstić information content (AvgIpc) is 2.37. The smallest absolute Gasteiger partial charge is 0.118 e. The Morgan fingerprint density at radius 1 is 1.06 bits per heavy atom. The van der Waals surface area contributed by atoms with Gasteiger partial charge in [-0.15, -0.1) is 0 Å². The highest BCUT2D eigenvalue weighted by atomic mass is 79.9. The molecule has 0 aliphatic carbocycles. The fraction of sp³-hybridized carbons (Fsp3) is 0.200. The molecule has 0 bridgehead atoms. The van der Waals surface area contributed by atoms with E-state index < -0.39 is 0 Å². The molecule has 0 saturated heterocycles. The molecular weight excluding hydrogens is 312 g/mol. The van der Waals surface area contributed by atoms with Crippen molar-refractivity contribution in [1.29, 1.82) is 0 Å². The Bertz CT molecular complexity index is 516. The summed E-state index contributed by atoms with van der Waals surface area (Å²) in [6.45, 7) is 2.04. The van der Waals surface area contributed by atoms with Crippen LogP contribution in [-0.4, -0.2) is 7.11 Å². The first kappa shape index (κ1) is 13.4. The van der Waals surface area contributed by atoms with E-state index in [9.17, 15) is 0 Å². The van der Waals surface area contributed by atoms with Gasteiger partial charge in [-0.25, -0.2) is 0 Å². The summed E-state index contributed by atoms with van der Waals surface area (Å²) in [5, 5.41) is 0.767. The Labute approximate surface area is 121 Å². The van der Waals surface area contributed by atoms with Gasteiger partial charge in [0.05, 0.1) is 11.9 Å². The number of benzene rings is 2. The van der Waals surface area contributed by atoms with Gasteiger partial charge >= 0.3 is 0 Å². The third kappa shape index (κ3) is 3.06. The summed E-state index contributed by atoms with van der Waals surface area (Å²) in [4.78, 5) is 0.140. The van der Waals surface area contributed by atoms with E-state index >= 15 is 0 Å². The quantitative estimate of drug-likeness (QED) is 0.710. The van der Waals surface area contributed by atoms with Crippen molar-refractivity contribution < 1.29 is 4.74 Å². The number of ether oxygens (including phenoxy) is 1. The Morgan fingerprint density at radius 3 is 2.28 bits per heavy atom. The van der Waals surface area contributed by atoms with E-state index in [-0.39, 0.29) is 4.83 Å². The molecular formula is C15H14BrClO. The van der Waals surface area contributed by atoms with Crippen molar-refractivity contribution >= 4 is 27.5 Å². The molecule has 0 aliphatic rings. The van der Waals surface area contributed by atoms with E-state index in [1.54, 1.807) is 7.11 Å². The van der Waals surface area contributed by atoms with Crippen molar-refractivity contribution in [3.8, 4) is 5.75 Å². The summed E-state index contributed by atoms with van der Waals surface area (Å²) in [5.74, 6) is 0.862. The lowest BCUT2D eigenvalue weighted by Crippen LogP contribution is -1.94. The lowest BCUT2D eigenvalue weighted by Gasteiger charge is -2.12. The van der Waals surface area contributed by atoms with Gasteiger partial charge in [0.15, 0.2) is 0 Å². The number of rotatable bonds is 3. The molecule has 0 N–H and O–H groups in total. The second-order valence-corrected chi connectivity index (χ2v) is 5.55. The maximum Gasteiger partial charge on any atom is 0.118 e. The maximum atomic E-state index is 6.09. The van der Waals surface area contributed by atoms with Crippen LogP contribution in [0.25, 0.3) is 0 Å². The number of hydrogen-bond donors (Lipinski definition) is 0. The maximum absolute atomic E-state index is 6.09. The molecule has 3 heteroatoms. The predicted octanol–water partition coefficient (Wildman–Crippen LogP) is 5.14. The van der Waals surface area contributed by atoms with E-state index in [2.05, 4.69) is 34.1 Å². The molecule has 0 aliphatic heterocycles. The predicted molar refractivity (Wildman–Crippen MR) is 80.0 cm³/mol. The van der Waals surface area contributed by atoms with Crippen LogP contribution in [0.5, 0.6) is 5.75 Å². The first-order chi connectivity index (χ1) is 8.60. The highest BCUT2D eigenvalue weighted by molar-refractivity contribution is 9.09. The summed E-state index contributed by atoms with van der Waals surface area (Å²) in [5.41, 5.74) is 3.50. The Hall–Kier alpha value is -0.990. The number of methoxy groups -OCH3 is 1. The first-order valence-electron chi connectivity index (χ1n) is 5.65. The Morgan fingerprint density at radius 2 is 1.72 bits per heavy atom. The van der Waals surface area contributed by atoms with E-state index in [0.717, 1.165) is 21.9 Å². The van der Waals surface area contributed by atoms with E-state index in [1.807, 2.05) is 31.2 Å². The first-order valence-corrected chi connectivity index (χ1v) is 6.94. The molecule has 2 aromatic carbocycles. The zero-order chi connectivity index (χ0) is 13.1. The SMILES string of the molecule is COc1ccc(C(Br)c2cc(C)cc(Cl)c2)cc1. The van der Waals surface area contributed by atoms with Crippen molar-refractivity contribution in [1.82, 2.24) is 0 Å². The van der Waals surface area contributed by atoms with Crippen LogP contribution >= 0.6 is 27.5 Å². The standard InChI is InChI=1S/C15H14BrClO/c1-10-7-12(9-13(17)8-10)15(16)11-3-5-14(18-2)6-4-11/h3-9,15H,1-2H3. The van der Waals surface area contributed by atoms with Crippen LogP contribution in [0.1, 0.15) is 21.5 Å². The molecule has 1 nitrogen and oxygen atoms in total. The molecule has 0 radical (unpaired) electrons. The van der Waals surface area contributed by atoms with Gasteiger partial charge in [-0.05, 0) is 47.9 Å². The Balaban J connectivity index is 2.31. The van der Waals surface area contributed by atoms with Crippen LogP contribution in [0.3, 0.4) is 0 Å². The van der Waals surface area contributed by atoms with Gasteiger partial charge in [-0.3, -0.25) is 0 Å². The fourth-order valence-electron chi connectivity index (χ4n) is 1.88. The van der Waals surface area contributed by atoms with Crippen molar-refractivity contribution in [3.63, 3.8) is 0 Å². The fourth-order valence-corrected chi connectivity index (χ4v) is 2.74. The van der Waals surface area contributed by atoms with Gasteiger partial charge in [0.2, 0.25) is 0 Å². The molecule has 1 atom stereocenters. The van der Waals surface area contributed by atoms with Crippen LogP contribution in [0.4, 0.5) is 0 Å². The normalized spacial score (nSPS) is 12.2. The van der Waals surface area contributed by atoms with Crippen molar-refractivity contribution in [2.24, 2.45) is 0 Å². The zero-order valence-corrected chi connectivity index (χ0v) is 12.6. The van der Waals surface area contributed by atoms with Crippen LogP contribution in [0, 0.1) is 6.92 Å². The van der Waals surface area contributed by atoms with Gasteiger partial charge in [0, 0.05) is 5.02 Å². The van der Waals surface area contributed by atoms with Gasteiger partial charge in [-0.1, -0.05) is 45.7 Å². The minimum atomic E-state index is 0.140. The summed E-state index contributed by atoms with van der Waals surface area (Å²) in [7, 11) is 1.67. The van der Waals surface area contributed by atoms with Crippen LogP contribution < -0.4 is 4.74 Å². The molecule has 1 unspecified atom stereocenters. The zero-order valence-electron chi connectivity index (χ0n) is 10.3. The highest BCUT2D eigenvalue weighted by Crippen LogP contribution is 2.33. The molecule has 0 amide bonds. The third-order valence-electron chi connectivity index (χ3n) is 2.77. The summed E-state index contributed by atoms with van der Waals surface area (Å²) < 4.78 is 5.16. The average molecular weight is 326 g/mol. The highest BCUT2D eigenvalue weighted by Gasteiger charge is 2.11. The summed E-state index contributed by atoms with van der Waals surface area (Å²) in [6, 6.07) is 14.1. The minimum absolute atomic E-state index is 0.140. The summed E-state index contributed by atoms with van der Waals surface area (Å²) >= 11 is 9.80. The van der Waals surface area contributed by atoms with Crippen LogP contribution in [0.15, 0.2) is 42.5 Å². The number of hydrogen-bond acceptors (Lipinski definition) is 1. The van der Waals surface area contributed by atoms with Crippen molar-refractivity contribution in [3.05, 3.63) is 64.2 Å². The van der Waals surface area contributed by atoms with E-state index in [4.69, 9.17) is 16.3 Å². The molecule has 2 rings (SSSR count). The third-order valence-corrected chi connectivity index (χ3v) is 4.04. The minimum Gasteiger partial charge on any atom is -0.497 e. The molecule has 94 valence electrons. The van der Waals surface area contributed by atoms with Gasteiger partial charge in [-0.2, -0.15) is 0 Å². The Kier molecular flexibility index (Phi) is 4.31. The largest absolute Gasteiger partial charge is 0.497 e. The lowest BCUT2D eigenvalue weighted by atomic mass is 10.0. The van der Waals surface area contributed by atoms with Gasteiger partial charge in [0.1, 0.15) is 5.75 Å². The lowest BCUT2D eigenvalue weighted by molar-refractivity contribution is 0.414. The second-order valence-electron chi connectivity index (χ2n) is 4.20. The molecule has 0 aromatic heterocycles. The molecule has 0 fully saturated rings. The van der Waals surface area contributed by atoms with Crippen LogP contribution in [-0.2, 0) is 0 Å². The molecule has 18 heavy (non-hydrogen) atoms. The molecule has 0 heterocycles.